The number of halogens is 1. The van der Waals surface area contributed by atoms with Gasteiger partial charge in [0.1, 0.15) is 5.82 Å². The average Bonchev–Trinajstić information content (AvgIpc) is 3.39. The standard InChI is InChI=1S/C30H34FN3O/c1-17-27-26(34-28(33-17)23(16-32-34)18-4-7-20(31)8-5-18)15-25-22-9-6-19-14-21(35)10-12-29(19,2)24(22)11-13-30(25,27)3/h4-8,16,21-22,24-25,35H,9-15H2,1-3H3/t21-,22+,24-,25-,29-,30-/m0/s1. The summed E-state index contributed by atoms with van der Waals surface area (Å²) in [5, 5.41) is 15.2. The second kappa shape index (κ2) is 7.25. The smallest absolute Gasteiger partial charge is 0.163 e. The molecule has 0 aliphatic heterocycles. The van der Waals surface area contributed by atoms with Gasteiger partial charge < -0.3 is 5.11 Å². The number of aryl methyl sites for hydroxylation is 1. The summed E-state index contributed by atoms with van der Waals surface area (Å²) < 4.78 is 15.6. The number of allylic oxidation sites excluding steroid dienone is 1. The fourth-order valence-corrected chi connectivity index (χ4v) is 8.80. The van der Waals surface area contributed by atoms with Crippen LogP contribution >= 0.6 is 0 Å². The Hall–Kier alpha value is -2.53. The number of nitrogens with zero attached hydrogens (tertiary/aromatic N) is 3. The number of fused-ring (bicyclic) bond motifs is 9. The molecule has 0 spiro atoms. The molecule has 3 aromatic rings. The quantitative estimate of drug-likeness (QED) is 0.431. The molecular weight excluding hydrogens is 437 g/mol. The lowest BCUT2D eigenvalue weighted by molar-refractivity contribution is -0.0165. The molecule has 35 heavy (non-hydrogen) atoms. The molecule has 0 bridgehead atoms. The van der Waals surface area contributed by atoms with Gasteiger partial charge in [-0.25, -0.2) is 13.9 Å². The van der Waals surface area contributed by atoms with Gasteiger partial charge in [0.15, 0.2) is 5.65 Å². The Kier molecular flexibility index (Phi) is 4.50. The number of rotatable bonds is 1. The van der Waals surface area contributed by atoms with Crippen molar-refractivity contribution >= 4 is 5.65 Å². The maximum absolute atomic E-state index is 13.5. The van der Waals surface area contributed by atoms with Crippen LogP contribution in [0.5, 0.6) is 0 Å². The molecule has 6 atom stereocenters. The third kappa shape index (κ3) is 2.88. The van der Waals surface area contributed by atoms with Crippen molar-refractivity contribution in [3.8, 4) is 11.1 Å². The van der Waals surface area contributed by atoms with Crippen LogP contribution in [0.1, 0.15) is 69.3 Å². The summed E-state index contributed by atoms with van der Waals surface area (Å²) in [6.45, 7) is 7.14. The van der Waals surface area contributed by atoms with E-state index in [1.807, 2.05) is 18.3 Å². The van der Waals surface area contributed by atoms with Crippen molar-refractivity contribution in [2.45, 2.75) is 77.2 Å². The van der Waals surface area contributed by atoms with Crippen LogP contribution in [-0.2, 0) is 11.8 Å². The molecule has 4 aliphatic rings. The molecule has 1 aromatic carbocycles. The van der Waals surface area contributed by atoms with Gasteiger partial charge >= 0.3 is 0 Å². The van der Waals surface area contributed by atoms with E-state index >= 15 is 0 Å². The third-order valence-corrected chi connectivity index (χ3v) is 10.5. The highest BCUT2D eigenvalue weighted by Crippen LogP contribution is 2.64. The van der Waals surface area contributed by atoms with Gasteiger partial charge in [0, 0.05) is 16.8 Å². The summed E-state index contributed by atoms with van der Waals surface area (Å²) in [5.41, 5.74) is 8.55. The monoisotopic (exact) mass is 471 g/mol. The molecule has 7 rings (SSSR count). The van der Waals surface area contributed by atoms with Crippen LogP contribution in [0.2, 0.25) is 0 Å². The van der Waals surface area contributed by atoms with Crippen molar-refractivity contribution in [2.75, 3.05) is 0 Å². The van der Waals surface area contributed by atoms with Crippen molar-refractivity contribution in [2.24, 2.45) is 23.2 Å². The molecule has 0 saturated heterocycles. The van der Waals surface area contributed by atoms with Gasteiger partial charge in [0.25, 0.3) is 0 Å². The highest BCUT2D eigenvalue weighted by molar-refractivity contribution is 5.77. The molecule has 182 valence electrons. The number of aliphatic hydroxyl groups is 1. The van der Waals surface area contributed by atoms with Gasteiger partial charge in [-0.3, -0.25) is 0 Å². The first-order chi connectivity index (χ1) is 16.8. The van der Waals surface area contributed by atoms with E-state index in [0.717, 1.165) is 54.6 Å². The lowest BCUT2D eigenvalue weighted by Gasteiger charge is -2.57. The molecule has 1 N–H and O–H groups in total. The Bertz CT molecular complexity index is 1370. The SMILES string of the molecule is Cc1nc2c(-c3ccc(F)cc3)cnn2c2c1[C@@]1(C)CC[C@H]3[C@@H](CC=C4C[C@@H](O)CC[C@@]43C)[C@@H]1C2. The molecule has 0 unspecified atom stereocenters. The summed E-state index contributed by atoms with van der Waals surface area (Å²) in [6, 6.07) is 6.64. The zero-order valence-electron chi connectivity index (χ0n) is 20.9. The number of aliphatic hydroxyl groups excluding tert-OH is 1. The first kappa shape index (κ1) is 21.7. The predicted octanol–water partition coefficient (Wildman–Crippen LogP) is 6.18. The zero-order valence-corrected chi connectivity index (χ0v) is 20.9. The minimum absolute atomic E-state index is 0.125. The van der Waals surface area contributed by atoms with E-state index in [1.165, 1.54) is 41.8 Å². The minimum Gasteiger partial charge on any atom is -0.393 e. The summed E-state index contributed by atoms with van der Waals surface area (Å²) >= 11 is 0. The van der Waals surface area contributed by atoms with E-state index in [1.54, 1.807) is 0 Å². The third-order valence-electron chi connectivity index (χ3n) is 10.5. The molecule has 0 amide bonds. The van der Waals surface area contributed by atoms with E-state index < -0.39 is 0 Å². The van der Waals surface area contributed by atoms with Gasteiger partial charge in [-0.15, -0.1) is 0 Å². The second-order valence-corrected chi connectivity index (χ2v) is 12.1. The summed E-state index contributed by atoms with van der Waals surface area (Å²) in [4.78, 5) is 5.10. The van der Waals surface area contributed by atoms with E-state index in [4.69, 9.17) is 10.1 Å². The van der Waals surface area contributed by atoms with E-state index in [2.05, 4.69) is 31.4 Å². The largest absolute Gasteiger partial charge is 0.393 e. The molecule has 2 fully saturated rings. The lowest BCUT2D eigenvalue weighted by atomic mass is 9.47. The Morgan fingerprint density at radius 2 is 1.80 bits per heavy atom. The normalized spacial score (nSPS) is 35.7. The van der Waals surface area contributed by atoms with Crippen molar-refractivity contribution in [1.29, 1.82) is 0 Å². The van der Waals surface area contributed by atoms with Crippen LogP contribution in [0.3, 0.4) is 0 Å². The van der Waals surface area contributed by atoms with Gasteiger partial charge in [-0.05, 0) is 98.1 Å². The Morgan fingerprint density at radius 1 is 1.03 bits per heavy atom. The van der Waals surface area contributed by atoms with Crippen molar-refractivity contribution < 1.29 is 9.50 Å². The summed E-state index contributed by atoms with van der Waals surface area (Å²) in [7, 11) is 0. The fourth-order valence-electron chi connectivity index (χ4n) is 8.80. The van der Waals surface area contributed by atoms with Crippen LogP contribution in [0.25, 0.3) is 16.8 Å². The van der Waals surface area contributed by atoms with Crippen LogP contribution in [0.4, 0.5) is 4.39 Å². The average molecular weight is 472 g/mol. The topological polar surface area (TPSA) is 50.4 Å². The Balaban J connectivity index is 1.32. The van der Waals surface area contributed by atoms with Gasteiger partial charge in [0.2, 0.25) is 0 Å². The van der Waals surface area contributed by atoms with Crippen LogP contribution in [0.15, 0.2) is 42.1 Å². The molecule has 2 heterocycles. The summed E-state index contributed by atoms with van der Waals surface area (Å²) in [6.07, 6.45) is 11.8. The predicted molar refractivity (Wildman–Crippen MR) is 135 cm³/mol. The molecule has 2 saturated carbocycles. The highest BCUT2D eigenvalue weighted by atomic mass is 19.1. The first-order valence-corrected chi connectivity index (χ1v) is 13.3. The number of aromatic nitrogens is 3. The number of hydrogen-bond acceptors (Lipinski definition) is 3. The van der Waals surface area contributed by atoms with Gasteiger partial charge in [0.05, 0.1) is 18.0 Å². The molecule has 5 heteroatoms. The van der Waals surface area contributed by atoms with Gasteiger partial charge in [-0.2, -0.15) is 5.10 Å². The van der Waals surface area contributed by atoms with Crippen molar-refractivity contribution in [3.05, 3.63) is 64.9 Å². The van der Waals surface area contributed by atoms with Crippen LogP contribution in [-0.4, -0.2) is 25.8 Å². The number of benzene rings is 1. The minimum atomic E-state index is -0.229. The second-order valence-electron chi connectivity index (χ2n) is 12.1. The number of hydrogen-bond donors (Lipinski definition) is 1. The molecule has 0 radical (unpaired) electrons. The van der Waals surface area contributed by atoms with Crippen molar-refractivity contribution in [1.82, 2.24) is 14.6 Å². The maximum atomic E-state index is 13.5. The zero-order chi connectivity index (χ0) is 24.1. The first-order valence-electron chi connectivity index (χ1n) is 13.3. The van der Waals surface area contributed by atoms with E-state index in [-0.39, 0.29) is 22.8 Å². The Morgan fingerprint density at radius 3 is 2.60 bits per heavy atom. The molecular formula is C30H34FN3O. The van der Waals surface area contributed by atoms with E-state index in [0.29, 0.717) is 17.8 Å². The lowest BCUT2D eigenvalue weighted by Crippen LogP contribution is -2.51. The highest BCUT2D eigenvalue weighted by Gasteiger charge is 2.58. The van der Waals surface area contributed by atoms with Crippen LogP contribution < -0.4 is 0 Å². The maximum Gasteiger partial charge on any atom is 0.163 e. The molecule has 4 nitrogen and oxygen atoms in total. The van der Waals surface area contributed by atoms with Crippen LogP contribution in [0, 0.1) is 35.9 Å². The Labute approximate surface area is 206 Å². The van der Waals surface area contributed by atoms with E-state index in [9.17, 15) is 9.50 Å². The van der Waals surface area contributed by atoms with Gasteiger partial charge in [-0.1, -0.05) is 37.6 Å². The molecule has 4 aliphatic carbocycles. The summed E-state index contributed by atoms with van der Waals surface area (Å²) in [5.74, 6) is 1.71. The fraction of sp³-hybridized carbons (Fsp3) is 0.533. The van der Waals surface area contributed by atoms with Crippen molar-refractivity contribution in [3.63, 3.8) is 0 Å². The molecule has 2 aromatic heterocycles.